The van der Waals surface area contributed by atoms with Crippen molar-refractivity contribution in [2.75, 3.05) is 5.32 Å². The normalized spacial score (nSPS) is 16.5. The van der Waals surface area contributed by atoms with Crippen LogP contribution < -0.4 is 16.0 Å². The molecule has 0 bridgehead atoms. The third kappa shape index (κ3) is 3.12. The third-order valence-electron chi connectivity index (χ3n) is 4.02. The molecular weight excluding hydrogens is 306 g/mol. The van der Waals surface area contributed by atoms with Crippen molar-refractivity contribution in [2.45, 2.75) is 19.9 Å². The fraction of sp³-hybridized carbons (Fsp3) is 0.167. The second-order valence-corrected chi connectivity index (χ2v) is 5.77. The van der Waals surface area contributed by atoms with Crippen molar-refractivity contribution < 1.29 is 14.4 Å². The molecule has 3 rings (SSSR count). The number of benzene rings is 2. The molecule has 1 fully saturated rings. The van der Waals surface area contributed by atoms with Gasteiger partial charge in [-0.25, -0.2) is 4.79 Å². The van der Waals surface area contributed by atoms with Gasteiger partial charge in [0.1, 0.15) is 6.04 Å². The highest BCUT2D eigenvalue weighted by atomic mass is 16.2. The van der Waals surface area contributed by atoms with E-state index in [2.05, 4.69) is 16.0 Å². The number of carbonyl (C=O) groups is 3. The van der Waals surface area contributed by atoms with E-state index >= 15 is 0 Å². The summed E-state index contributed by atoms with van der Waals surface area (Å²) in [4.78, 5) is 35.3. The average molecular weight is 323 g/mol. The van der Waals surface area contributed by atoms with Crippen LogP contribution in [-0.4, -0.2) is 17.8 Å². The first-order valence-corrected chi connectivity index (χ1v) is 7.54. The molecular formula is C18H17N3O3. The van der Waals surface area contributed by atoms with Gasteiger partial charge in [-0.3, -0.25) is 14.9 Å². The predicted octanol–water partition coefficient (Wildman–Crippen LogP) is 2.44. The van der Waals surface area contributed by atoms with E-state index in [0.29, 0.717) is 16.8 Å². The van der Waals surface area contributed by atoms with E-state index in [-0.39, 0.29) is 5.91 Å². The van der Waals surface area contributed by atoms with Crippen molar-refractivity contribution in [3.8, 4) is 0 Å². The first kappa shape index (κ1) is 15.7. The molecule has 1 unspecified atom stereocenters. The monoisotopic (exact) mass is 323 g/mol. The van der Waals surface area contributed by atoms with E-state index in [0.717, 1.165) is 11.1 Å². The smallest absolute Gasteiger partial charge is 0.322 e. The molecule has 0 aromatic heterocycles. The molecule has 6 heteroatoms. The largest absolute Gasteiger partial charge is 0.322 e. The van der Waals surface area contributed by atoms with Gasteiger partial charge < -0.3 is 10.6 Å². The van der Waals surface area contributed by atoms with Gasteiger partial charge in [0, 0.05) is 11.3 Å². The van der Waals surface area contributed by atoms with E-state index in [4.69, 9.17) is 0 Å². The Balaban J connectivity index is 1.79. The van der Waals surface area contributed by atoms with Crippen molar-refractivity contribution >= 4 is 23.5 Å². The van der Waals surface area contributed by atoms with E-state index < -0.39 is 18.0 Å². The summed E-state index contributed by atoms with van der Waals surface area (Å²) in [5.41, 5.74) is 3.90. The van der Waals surface area contributed by atoms with Gasteiger partial charge in [-0.15, -0.1) is 0 Å². The number of carbonyl (C=O) groups excluding carboxylic acids is 3. The molecule has 1 aliphatic rings. The van der Waals surface area contributed by atoms with Gasteiger partial charge in [0.2, 0.25) is 0 Å². The molecule has 1 heterocycles. The number of urea groups is 1. The highest BCUT2D eigenvalue weighted by Gasteiger charge is 2.30. The number of imide groups is 1. The lowest BCUT2D eigenvalue weighted by Gasteiger charge is -2.11. The Morgan fingerprint density at radius 1 is 1.04 bits per heavy atom. The Labute approximate surface area is 139 Å². The van der Waals surface area contributed by atoms with Crippen molar-refractivity contribution in [3.63, 3.8) is 0 Å². The summed E-state index contributed by atoms with van der Waals surface area (Å²) in [6.45, 7) is 3.94. The first-order valence-electron chi connectivity index (χ1n) is 7.54. The molecule has 0 spiro atoms. The number of rotatable bonds is 3. The highest BCUT2D eigenvalue weighted by Crippen LogP contribution is 2.21. The van der Waals surface area contributed by atoms with Crippen LogP contribution in [0.15, 0.2) is 42.5 Å². The van der Waals surface area contributed by atoms with Crippen molar-refractivity contribution in [2.24, 2.45) is 0 Å². The minimum absolute atomic E-state index is 0.227. The van der Waals surface area contributed by atoms with Crippen LogP contribution >= 0.6 is 0 Å². The van der Waals surface area contributed by atoms with Crippen LogP contribution in [-0.2, 0) is 4.79 Å². The quantitative estimate of drug-likeness (QED) is 0.758. The zero-order chi connectivity index (χ0) is 17.3. The van der Waals surface area contributed by atoms with Crippen LogP contribution in [0.3, 0.4) is 0 Å². The van der Waals surface area contributed by atoms with Gasteiger partial charge in [0.15, 0.2) is 0 Å². The summed E-state index contributed by atoms with van der Waals surface area (Å²) in [5, 5.41) is 7.53. The molecule has 6 nitrogen and oxygen atoms in total. The molecule has 24 heavy (non-hydrogen) atoms. The van der Waals surface area contributed by atoms with Gasteiger partial charge in [0.05, 0.1) is 0 Å². The standard InChI is InChI=1S/C18H17N3O3/c1-10-6-7-13(8-11(10)2)16(22)19-14-5-3-4-12(9-14)15-17(23)21-18(24)20-15/h3-9,15H,1-2H3,(H,19,22)(H2,20,21,23,24). The fourth-order valence-corrected chi connectivity index (χ4v) is 2.53. The van der Waals surface area contributed by atoms with Crippen LogP contribution in [0, 0.1) is 13.8 Å². The molecule has 3 N–H and O–H groups in total. The van der Waals surface area contributed by atoms with Gasteiger partial charge in [-0.1, -0.05) is 18.2 Å². The second kappa shape index (κ2) is 6.16. The second-order valence-electron chi connectivity index (χ2n) is 5.77. The molecule has 2 aromatic carbocycles. The van der Waals surface area contributed by atoms with Crippen LogP contribution in [0.1, 0.15) is 33.1 Å². The number of nitrogens with one attached hydrogen (secondary N) is 3. The van der Waals surface area contributed by atoms with Crippen molar-refractivity contribution in [3.05, 3.63) is 64.7 Å². The molecule has 2 aromatic rings. The molecule has 0 aliphatic carbocycles. The Morgan fingerprint density at radius 3 is 2.50 bits per heavy atom. The molecule has 1 aliphatic heterocycles. The number of hydrogen-bond acceptors (Lipinski definition) is 3. The van der Waals surface area contributed by atoms with E-state index in [1.807, 2.05) is 26.0 Å². The highest BCUT2D eigenvalue weighted by molar-refractivity contribution is 6.06. The van der Waals surface area contributed by atoms with E-state index in [9.17, 15) is 14.4 Å². The zero-order valence-corrected chi connectivity index (χ0v) is 13.3. The minimum Gasteiger partial charge on any atom is -0.322 e. The van der Waals surface area contributed by atoms with E-state index in [1.165, 1.54) is 0 Å². The lowest BCUT2D eigenvalue weighted by atomic mass is 10.0. The maximum atomic E-state index is 12.4. The van der Waals surface area contributed by atoms with Crippen LogP contribution in [0.5, 0.6) is 0 Å². The molecule has 122 valence electrons. The number of anilines is 1. The Bertz CT molecular complexity index is 845. The summed E-state index contributed by atoms with van der Waals surface area (Å²) in [6, 6.07) is 11.1. The minimum atomic E-state index is -0.740. The number of aryl methyl sites for hydroxylation is 2. The van der Waals surface area contributed by atoms with E-state index in [1.54, 1.807) is 30.3 Å². The lowest BCUT2D eigenvalue weighted by Crippen LogP contribution is -2.22. The summed E-state index contributed by atoms with van der Waals surface area (Å²) in [6.07, 6.45) is 0. The summed E-state index contributed by atoms with van der Waals surface area (Å²) in [5.74, 6) is -0.632. The van der Waals surface area contributed by atoms with Gasteiger partial charge in [-0.2, -0.15) is 0 Å². The van der Waals surface area contributed by atoms with Crippen molar-refractivity contribution in [1.82, 2.24) is 10.6 Å². The third-order valence-corrected chi connectivity index (χ3v) is 4.02. The number of hydrogen-bond donors (Lipinski definition) is 3. The van der Waals surface area contributed by atoms with Gasteiger partial charge >= 0.3 is 6.03 Å². The molecule has 4 amide bonds. The fourth-order valence-electron chi connectivity index (χ4n) is 2.53. The molecule has 0 radical (unpaired) electrons. The summed E-state index contributed by atoms with van der Waals surface area (Å²) >= 11 is 0. The summed E-state index contributed by atoms with van der Waals surface area (Å²) in [7, 11) is 0. The van der Waals surface area contributed by atoms with Gasteiger partial charge in [0.25, 0.3) is 11.8 Å². The van der Waals surface area contributed by atoms with Crippen LogP contribution in [0.2, 0.25) is 0 Å². The molecule has 0 saturated carbocycles. The SMILES string of the molecule is Cc1ccc(C(=O)Nc2cccc(C3NC(=O)NC3=O)c2)cc1C. The Hall–Kier alpha value is -3.15. The molecule has 1 atom stereocenters. The zero-order valence-electron chi connectivity index (χ0n) is 13.3. The van der Waals surface area contributed by atoms with Crippen molar-refractivity contribution in [1.29, 1.82) is 0 Å². The molecule has 1 saturated heterocycles. The summed E-state index contributed by atoms with van der Waals surface area (Å²) < 4.78 is 0. The maximum Gasteiger partial charge on any atom is 0.322 e. The topological polar surface area (TPSA) is 87.3 Å². The average Bonchev–Trinajstić information content (AvgIpc) is 2.89. The van der Waals surface area contributed by atoms with Crippen LogP contribution in [0.4, 0.5) is 10.5 Å². The first-order chi connectivity index (χ1) is 11.4. The predicted molar refractivity (Wildman–Crippen MR) is 89.7 cm³/mol. The van der Waals surface area contributed by atoms with Crippen LogP contribution in [0.25, 0.3) is 0 Å². The Kier molecular flexibility index (Phi) is 4.04. The lowest BCUT2D eigenvalue weighted by molar-refractivity contribution is -0.120. The van der Waals surface area contributed by atoms with Gasteiger partial charge in [-0.05, 0) is 54.8 Å². The Morgan fingerprint density at radius 2 is 1.83 bits per heavy atom. The maximum absolute atomic E-state index is 12.4. The number of amides is 4.